The average molecular weight is 403 g/mol. The van der Waals surface area contributed by atoms with Gasteiger partial charge in [-0.15, -0.1) is 0 Å². The molecule has 7 nitrogen and oxygen atoms in total. The molecule has 3 heterocycles. The van der Waals surface area contributed by atoms with Crippen LogP contribution in [0.15, 0.2) is 54.7 Å². The van der Waals surface area contributed by atoms with Crippen LogP contribution in [0.1, 0.15) is 17.0 Å². The zero-order chi connectivity index (χ0) is 20.9. The van der Waals surface area contributed by atoms with Crippen molar-refractivity contribution in [2.45, 2.75) is 13.8 Å². The molecule has 0 atom stereocenters. The third-order valence-corrected chi connectivity index (χ3v) is 5.10. The summed E-state index contributed by atoms with van der Waals surface area (Å²) in [4.78, 5) is 19.2. The smallest absolute Gasteiger partial charge is 0.248 e. The second-order valence-electron chi connectivity index (χ2n) is 7.13. The third-order valence-electron chi connectivity index (χ3n) is 5.10. The maximum Gasteiger partial charge on any atom is 0.248 e. The van der Waals surface area contributed by atoms with Crippen molar-refractivity contribution in [2.24, 2.45) is 0 Å². The molecular weight excluding hydrogens is 378 g/mol. The SMILES string of the molecule is Cc1nn(-c2ccccc2)c(C)c1C=CC(=O)Nc1cccnc1N1CCOCC1. The molecule has 0 radical (unpaired) electrons. The molecule has 1 amide bonds. The summed E-state index contributed by atoms with van der Waals surface area (Å²) in [5.74, 6) is 0.565. The van der Waals surface area contributed by atoms with Gasteiger partial charge < -0.3 is 15.0 Å². The maximum atomic E-state index is 12.6. The van der Waals surface area contributed by atoms with E-state index in [-0.39, 0.29) is 5.91 Å². The number of aryl methyl sites for hydroxylation is 1. The number of ether oxygens (including phenoxy) is 1. The number of nitrogens with zero attached hydrogens (tertiary/aromatic N) is 4. The standard InChI is InChI=1S/C23H25N5O2/c1-17-20(18(2)28(26-17)19-7-4-3-5-8-19)10-11-22(29)25-21-9-6-12-24-23(21)27-13-15-30-16-14-27/h3-12H,13-16H2,1-2H3,(H,25,29). The lowest BCUT2D eigenvalue weighted by molar-refractivity contribution is -0.111. The average Bonchev–Trinajstić information content (AvgIpc) is 3.07. The van der Waals surface area contributed by atoms with Gasteiger partial charge in [0.1, 0.15) is 0 Å². The van der Waals surface area contributed by atoms with Gasteiger partial charge in [0, 0.05) is 36.6 Å². The Balaban J connectivity index is 1.51. The summed E-state index contributed by atoms with van der Waals surface area (Å²) in [6.45, 7) is 6.78. The summed E-state index contributed by atoms with van der Waals surface area (Å²) >= 11 is 0. The molecule has 0 bridgehead atoms. The summed E-state index contributed by atoms with van der Waals surface area (Å²) in [6.07, 6.45) is 5.10. The molecule has 30 heavy (non-hydrogen) atoms. The van der Waals surface area contributed by atoms with Crippen molar-refractivity contribution < 1.29 is 9.53 Å². The largest absolute Gasteiger partial charge is 0.378 e. The number of rotatable bonds is 5. The minimum Gasteiger partial charge on any atom is -0.378 e. The van der Waals surface area contributed by atoms with Crippen LogP contribution in [0.3, 0.4) is 0 Å². The number of anilines is 2. The Labute approximate surface area is 176 Å². The van der Waals surface area contributed by atoms with Gasteiger partial charge in [-0.05, 0) is 44.2 Å². The topological polar surface area (TPSA) is 72.3 Å². The first kappa shape index (κ1) is 19.8. The van der Waals surface area contributed by atoms with E-state index in [2.05, 4.69) is 20.3 Å². The van der Waals surface area contributed by atoms with Crippen molar-refractivity contribution in [3.63, 3.8) is 0 Å². The fourth-order valence-corrected chi connectivity index (χ4v) is 3.57. The van der Waals surface area contributed by atoms with E-state index in [1.807, 2.05) is 67.1 Å². The number of para-hydroxylation sites is 1. The van der Waals surface area contributed by atoms with Gasteiger partial charge in [-0.2, -0.15) is 5.10 Å². The van der Waals surface area contributed by atoms with E-state index < -0.39 is 0 Å². The fourth-order valence-electron chi connectivity index (χ4n) is 3.57. The van der Waals surface area contributed by atoms with Gasteiger partial charge in [-0.1, -0.05) is 18.2 Å². The van der Waals surface area contributed by atoms with Crippen molar-refractivity contribution in [1.29, 1.82) is 0 Å². The molecule has 1 aliphatic rings. The van der Waals surface area contributed by atoms with Crippen LogP contribution in [0.5, 0.6) is 0 Å². The molecule has 4 rings (SSSR count). The highest BCUT2D eigenvalue weighted by Crippen LogP contribution is 2.24. The maximum absolute atomic E-state index is 12.6. The normalized spacial score (nSPS) is 14.3. The molecule has 154 valence electrons. The lowest BCUT2D eigenvalue weighted by Crippen LogP contribution is -2.37. The number of morpholine rings is 1. The number of carbonyl (C=O) groups excluding carboxylic acids is 1. The van der Waals surface area contributed by atoms with Gasteiger partial charge in [0.05, 0.1) is 30.3 Å². The van der Waals surface area contributed by atoms with E-state index in [0.717, 1.165) is 41.5 Å². The molecule has 0 saturated carbocycles. The molecule has 7 heteroatoms. The quantitative estimate of drug-likeness (QED) is 0.662. The van der Waals surface area contributed by atoms with E-state index in [9.17, 15) is 4.79 Å². The van der Waals surface area contributed by atoms with Crippen molar-refractivity contribution >= 4 is 23.5 Å². The molecule has 0 aliphatic carbocycles. The number of amides is 1. The molecule has 1 N–H and O–H groups in total. The van der Waals surface area contributed by atoms with Crippen LogP contribution in [-0.2, 0) is 9.53 Å². The molecule has 3 aromatic rings. The molecule has 0 spiro atoms. The first-order valence-electron chi connectivity index (χ1n) is 10.0. The summed E-state index contributed by atoms with van der Waals surface area (Å²) in [5.41, 5.74) is 4.48. The van der Waals surface area contributed by atoms with Gasteiger partial charge in [0.25, 0.3) is 0 Å². The second-order valence-corrected chi connectivity index (χ2v) is 7.13. The van der Waals surface area contributed by atoms with Crippen LogP contribution in [-0.4, -0.2) is 47.0 Å². The van der Waals surface area contributed by atoms with Crippen molar-refractivity contribution in [3.05, 3.63) is 71.7 Å². The number of carbonyl (C=O) groups is 1. The Morgan fingerprint density at radius 3 is 2.63 bits per heavy atom. The second kappa shape index (κ2) is 8.92. The van der Waals surface area contributed by atoms with Crippen LogP contribution >= 0.6 is 0 Å². The van der Waals surface area contributed by atoms with Crippen LogP contribution < -0.4 is 10.2 Å². The van der Waals surface area contributed by atoms with E-state index in [1.54, 1.807) is 12.3 Å². The number of hydrogen-bond donors (Lipinski definition) is 1. The lowest BCUT2D eigenvalue weighted by atomic mass is 10.2. The van der Waals surface area contributed by atoms with Gasteiger partial charge in [0.15, 0.2) is 5.82 Å². The minimum absolute atomic E-state index is 0.205. The molecule has 0 unspecified atom stereocenters. The molecule has 1 aromatic carbocycles. The van der Waals surface area contributed by atoms with Crippen molar-refractivity contribution in [3.8, 4) is 5.69 Å². The summed E-state index contributed by atoms with van der Waals surface area (Å²) in [6, 6.07) is 13.6. The minimum atomic E-state index is -0.205. The van der Waals surface area contributed by atoms with Crippen LogP contribution in [0.2, 0.25) is 0 Å². The Kier molecular flexibility index (Phi) is 5.90. The van der Waals surface area contributed by atoms with Gasteiger partial charge in [-0.25, -0.2) is 9.67 Å². The Morgan fingerprint density at radius 1 is 1.10 bits per heavy atom. The van der Waals surface area contributed by atoms with Crippen molar-refractivity contribution in [2.75, 3.05) is 36.5 Å². The van der Waals surface area contributed by atoms with Crippen LogP contribution in [0.4, 0.5) is 11.5 Å². The van der Waals surface area contributed by atoms with E-state index in [1.165, 1.54) is 0 Å². The first-order valence-corrected chi connectivity index (χ1v) is 10.0. The fraction of sp³-hybridized carbons (Fsp3) is 0.261. The van der Waals surface area contributed by atoms with Crippen molar-refractivity contribution in [1.82, 2.24) is 14.8 Å². The third kappa shape index (κ3) is 4.26. The number of benzene rings is 1. The highest BCUT2D eigenvalue weighted by molar-refractivity contribution is 6.03. The molecule has 2 aromatic heterocycles. The van der Waals surface area contributed by atoms with Crippen LogP contribution in [0.25, 0.3) is 11.8 Å². The number of aromatic nitrogens is 3. The predicted molar refractivity (Wildman–Crippen MR) is 118 cm³/mol. The number of hydrogen-bond acceptors (Lipinski definition) is 5. The Hall–Kier alpha value is -3.45. The lowest BCUT2D eigenvalue weighted by Gasteiger charge is -2.29. The Bertz CT molecular complexity index is 1050. The summed E-state index contributed by atoms with van der Waals surface area (Å²) in [7, 11) is 0. The zero-order valence-corrected chi connectivity index (χ0v) is 17.2. The molecule has 1 aliphatic heterocycles. The number of pyridine rings is 1. The van der Waals surface area contributed by atoms with E-state index in [4.69, 9.17) is 4.74 Å². The Morgan fingerprint density at radius 2 is 1.87 bits per heavy atom. The zero-order valence-electron chi connectivity index (χ0n) is 17.2. The monoisotopic (exact) mass is 403 g/mol. The van der Waals surface area contributed by atoms with Gasteiger partial charge >= 0.3 is 0 Å². The molecule has 1 fully saturated rings. The van der Waals surface area contributed by atoms with E-state index >= 15 is 0 Å². The molecule has 1 saturated heterocycles. The van der Waals surface area contributed by atoms with E-state index in [0.29, 0.717) is 18.9 Å². The van der Waals surface area contributed by atoms with Gasteiger partial charge in [0.2, 0.25) is 5.91 Å². The first-order chi connectivity index (χ1) is 14.6. The van der Waals surface area contributed by atoms with Crippen LogP contribution in [0, 0.1) is 13.8 Å². The predicted octanol–water partition coefficient (Wildman–Crippen LogP) is 3.37. The molecular formula is C23H25N5O2. The van der Waals surface area contributed by atoms with Gasteiger partial charge in [-0.3, -0.25) is 4.79 Å². The highest BCUT2D eigenvalue weighted by Gasteiger charge is 2.17. The highest BCUT2D eigenvalue weighted by atomic mass is 16.5. The number of nitrogens with one attached hydrogen (secondary N) is 1. The summed E-state index contributed by atoms with van der Waals surface area (Å²) in [5, 5.41) is 7.58. The summed E-state index contributed by atoms with van der Waals surface area (Å²) < 4.78 is 7.30.